The van der Waals surface area contributed by atoms with Gasteiger partial charge < -0.3 is 19.8 Å². The van der Waals surface area contributed by atoms with Crippen LogP contribution < -0.4 is 5.32 Å². The lowest BCUT2D eigenvalue weighted by Crippen LogP contribution is -2.45. The molecule has 0 aliphatic heterocycles. The van der Waals surface area contributed by atoms with E-state index >= 15 is 0 Å². The van der Waals surface area contributed by atoms with Gasteiger partial charge in [0.15, 0.2) is 0 Å². The summed E-state index contributed by atoms with van der Waals surface area (Å²) in [5.74, 6) is -0.203. The summed E-state index contributed by atoms with van der Waals surface area (Å²) in [5.41, 5.74) is 0. The molecule has 0 aliphatic rings. The molecular weight excluding hydrogens is 732 g/mol. The summed E-state index contributed by atoms with van der Waals surface area (Å²) in [6.07, 6.45) is 49.4. The molecule has 0 fully saturated rings. The first-order valence-corrected chi connectivity index (χ1v) is 25.4. The fraction of sp³-hybridized carbons (Fsp3) is 0.854. The Kier molecular flexibility index (Phi) is 39.2. The van der Waals surface area contributed by atoms with Gasteiger partial charge in [0.25, 0.3) is 0 Å². The van der Waals surface area contributed by atoms with Gasteiger partial charge in [0.1, 0.15) is 13.2 Å². The second kappa shape index (κ2) is 40.1. The maximum Gasteiger partial charge on any atom is 0.472 e. The van der Waals surface area contributed by atoms with Gasteiger partial charge in [0, 0.05) is 6.42 Å². The van der Waals surface area contributed by atoms with Gasteiger partial charge in [0.2, 0.25) is 5.91 Å². The highest BCUT2D eigenvalue weighted by Crippen LogP contribution is 2.43. The molecule has 0 aliphatic carbocycles. The molecule has 8 nitrogen and oxygen atoms in total. The number of carbonyl (C=O) groups excluding carboxylic acids is 1. The van der Waals surface area contributed by atoms with Crippen LogP contribution >= 0.6 is 7.82 Å². The van der Waals surface area contributed by atoms with E-state index in [0.29, 0.717) is 17.4 Å². The number of allylic oxidation sites excluding steroid dienone is 5. The molecule has 0 aromatic heterocycles. The van der Waals surface area contributed by atoms with Crippen LogP contribution in [0.4, 0.5) is 0 Å². The zero-order valence-corrected chi connectivity index (χ0v) is 39.0. The average molecular weight is 826 g/mol. The number of unbranched alkanes of at least 4 members (excludes halogenated alkanes) is 26. The van der Waals surface area contributed by atoms with Crippen molar-refractivity contribution in [2.24, 2.45) is 0 Å². The second-order valence-corrected chi connectivity index (χ2v) is 18.9. The SMILES string of the molecule is CCCCCCCC/C=C\CCCCCC(=O)NC(COP(=O)(O)OCC[N+](C)(C)C)C(O)/C=C/CC/C=C/CCCCCCCCCCCCCCCCCC. The average Bonchev–Trinajstić information content (AvgIpc) is 3.16. The Morgan fingerprint density at radius 2 is 0.965 bits per heavy atom. The quantitative estimate of drug-likeness (QED) is 0.0245. The zero-order chi connectivity index (χ0) is 42.1. The van der Waals surface area contributed by atoms with E-state index in [1.54, 1.807) is 6.08 Å². The van der Waals surface area contributed by atoms with Crippen molar-refractivity contribution in [2.45, 2.75) is 225 Å². The third-order valence-corrected chi connectivity index (χ3v) is 11.6. The number of nitrogens with zero attached hydrogens (tertiary/aromatic N) is 1. The smallest absolute Gasteiger partial charge is 0.387 e. The molecule has 0 rings (SSSR count). The molecule has 57 heavy (non-hydrogen) atoms. The Hall–Kier alpha value is -1.28. The molecular formula is C48H94N2O6P+. The van der Waals surface area contributed by atoms with Gasteiger partial charge >= 0.3 is 7.82 Å². The Balaban J connectivity index is 4.39. The first-order valence-electron chi connectivity index (χ1n) is 23.9. The molecule has 9 heteroatoms. The van der Waals surface area contributed by atoms with E-state index in [4.69, 9.17) is 9.05 Å². The van der Waals surface area contributed by atoms with Gasteiger partial charge in [-0.3, -0.25) is 13.8 Å². The van der Waals surface area contributed by atoms with E-state index in [0.717, 1.165) is 51.4 Å². The number of carbonyl (C=O) groups is 1. The fourth-order valence-electron chi connectivity index (χ4n) is 6.76. The Bertz CT molecular complexity index is 1030. The number of aliphatic hydroxyl groups is 1. The van der Waals surface area contributed by atoms with Crippen molar-refractivity contribution in [3.63, 3.8) is 0 Å². The lowest BCUT2D eigenvalue weighted by molar-refractivity contribution is -0.870. The minimum atomic E-state index is -4.35. The molecule has 0 saturated carbocycles. The van der Waals surface area contributed by atoms with Gasteiger partial charge in [-0.2, -0.15) is 0 Å². The van der Waals surface area contributed by atoms with Gasteiger partial charge in [-0.15, -0.1) is 0 Å². The van der Waals surface area contributed by atoms with Crippen LogP contribution in [0.25, 0.3) is 0 Å². The molecule has 0 heterocycles. The van der Waals surface area contributed by atoms with Crippen LogP contribution in [0, 0.1) is 0 Å². The molecule has 0 aromatic carbocycles. The van der Waals surface area contributed by atoms with E-state index < -0.39 is 20.0 Å². The second-order valence-electron chi connectivity index (χ2n) is 17.5. The largest absolute Gasteiger partial charge is 0.472 e. The maximum atomic E-state index is 12.8. The van der Waals surface area contributed by atoms with E-state index in [-0.39, 0.29) is 19.1 Å². The van der Waals surface area contributed by atoms with Crippen molar-refractivity contribution in [1.82, 2.24) is 5.32 Å². The number of rotatable bonds is 43. The Labute approximate surface area is 353 Å². The molecule has 0 saturated heterocycles. The van der Waals surface area contributed by atoms with E-state index in [9.17, 15) is 19.4 Å². The van der Waals surface area contributed by atoms with E-state index in [1.165, 1.54) is 141 Å². The molecule has 1 amide bonds. The highest BCUT2D eigenvalue weighted by molar-refractivity contribution is 7.47. The van der Waals surface area contributed by atoms with Crippen molar-refractivity contribution < 1.29 is 32.9 Å². The van der Waals surface area contributed by atoms with Gasteiger partial charge in [-0.25, -0.2) is 4.57 Å². The predicted molar refractivity (Wildman–Crippen MR) is 244 cm³/mol. The number of phosphoric ester groups is 1. The number of nitrogens with one attached hydrogen (secondary N) is 1. The van der Waals surface area contributed by atoms with Gasteiger partial charge in [-0.1, -0.05) is 185 Å². The fourth-order valence-corrected chi connectivity index (χ4v) is 7.49. The van der Waals surface area contributed by atoms with Crippen molar-refractivity contribution >= 4 is 13.7 Å². The minimum Gasteiger partial charge on any atom is -0.387 e. The number of hydrogen-bond donors (Lipinski definition) is 3. The van der Waals surface area contributed by atoms with Crippen LogP contribution in [0.1, 0.15) is 213 Å². The Morgan fingerprint density at radius 1 is 0.579 bits per heavy atom. The number of amides is 1. The summed E-state index contributed by atoms with van der Waals surface area (Å²) in [5, 5.41) is 13.8. The van der Waals surface area contributed by atoms with Crippen LogP contribution in [0.5, 0.6) is 0 Å². The van der Waals surface area contributed by atoms with E-state index in [2.05, 4.69) is 43.5 Å². The summed E-state index contributed by atoms with van der Waals surface area (Å²) >= 11 is 0. The monoisotopic (exact) mass is 826 g/mol. The molecule has 3 N–H and O–H groups in total. The third kappa shape index (κ3) is 42.6. The number of hydrogen-bond acceptors (Lipinski definition) is 5. The highest BCUT2D eigenvalue weighted by Gasteiger charge is 2.27. The van der Waals surface area contributed by atoms with Crippen LogP contribution in [0.15, 0.2) is 36.5 Å². The van der Waals surface area contributed by atoms with Crippen molar-refractivity contribution in [1.29, 1.82) is 0 Å². The van der Waals surface area contributed by atoms with Crippen molar-refractivity contribution in [3.8, 4) is 0 Å². The number of likely N-dealkylation sites (N-methyl/N-ethyl adjacent to an activating group) is 1. The lowest BCUT2D eigenvalue weighted by Gasteiger charge is -2.25. The standard InChI is InChI=1S/C48H93N2O6P/c1-6-8-10-12-14-16-18-20-21-22-23-24-25-26-27-28-30-31-33-35-37-39-41-47(51)46(45-56-57(53,54)55-44-43-50(3,4)5)49-48(52)42-40-38-36-34-32-29-19-17-15-13-11-9-7-2/h29,31-33,39,41,46-47,51H,6-28,30,34-38,40,42-45H2,1-5H3,(H-,49,52,53,54)/p+1/b32-29-,33-31+,41-39+. The van der Waals surface area contributed by atoms with Crippen molar-refractivity contribution in [2.75, 3.05) is 40.9 Å². The zero-order valence-electron chi connectivity index (χ0n) is 38.1. The Morgan fingerprint density at radius 3 is 1.40 bits per heavy atom. The van der Waals surface area contributed by atoms with Crippen LogP contribution in [-0.4, -0.2) is 73.4 Å². The summed E-state index contributed by atoms with van der Waals surface area (Å²) in [7, 11) is 1.55. The molecule has 0 bridgehead atoms. The molecule has 336 valence electrons. The normalized spacial score (nSPS) is 14.6. The van der Waals surface area contributed by atoms with Gasteiger partial charge in [0.05, 0.1) is 39.9 Å². The van der Waals surface area contributed by atoms with Gasteiger partial charge in [-0.05, 0) is 57.8 Å². The van der Waals surface area contributed by atoms with Crippen LogP contribution in [0.3, 0.4) is 0 Å². The minimum absolute atomic E-state index is 0.0536. The summed E-state index contributed by atoms with van der Waals surface area (Å²) in [6, 6.07) is -0.869. The van der Waals surface area contributed by atoms with E-state index in [1.807, 2.05) is 27.2 Å². The molecule has 3 atom stereocenters. The number of aliphatic hydroxyl groups excluding tert-OH is 1. The maximum absolute atomic E-state index is 12.8. The van der Waals surface area contributed by atoms with Crippen molar-refractivity contribution in [3.05, 3.63) is 36.5 Å². The lowest BCUT2D eigenvalue weighted by atomic mass is 10.0. The first kappa shape index (κ1) is 55.7. The number of quaternary nitrogens is 1. The molecule has 3 unspecified atom stereocenters. The molecule has 0 spiro atoms. The topological polar surface area (TPSA) is 105 Å². The molecule has 0 aromatic rings. The first-order chi connectivity index (χ1) is 27.5. The third-order valence-electron chi connectivity index (χ3n) is 10.6. The summed E-state index contributed by atoms with van der Waals surface area (Å²) in [6.45, 7) is 4.78. The van der Waals surface area contributed by atoms with Crippen LogP contribution in [0.2, 0.25) is 0 Å². The summed E-state index contributed by atoms with van der Waals surface area (Å²) < 4.78 is 23.5. The molecule has 0 radical (unpaired) electrons. The summed E-state index contributed by atoms with van der Waals surface area (Å²) in [4.78, 5) is 23.1. The highest BCUT2D eigenvalue weighted by atomic mass is 31.2. The number of phosphoric acid groups is 1. The van der Waals surface area contributed by atoms with Crippen LogP contribution in [-0.2, 0) is 18.4 Å². The predicted octanol–water partition coefficient (Wildman–Crippen LogP) is 13.5.